The van der Waals surface area contributed by atoms with Crippen LogP contribution in [0.15, 0.2) is 48.7 Å². The fourth-order valence-electron chi connectivity index (χ4n) is 3.61. The summed E-state index contributed by atoms with van der Waals surface area (Å²) in [5.41, 5.74) is 1.81. The van der Waals surface area contributed by atoms with E-state index in [9.17, 15) is 4.79 Å². The summed E-state index contributed by atoms with van der Waals surface area (Å²) < 4.78 is 11.1. The van der Waals surface area contributed by atoms with E-state index >= 15 is 0 Å². The van der Waals surface area contributed by atoms with Gasteiger partial charge in [-0.1, -0.05) is 37.3 Å². The largest absolute Gasteiger partial charge is 0.472 e. The third-order valence-corrected chi connectivity index (χ3v) is 4.92. The number of benzene rings is 1. The molecule has 2 aromatic rings. The van der Waals surface area contributed by atoms with Gasteiger partial charge in [-0.25, -0.2) is 4.98 Å². The van der Waals surface area contributed by atoms with E-state index < -0.39 is 0 Å². The molecule has 2 aliphatic heterocycles. The number of ether oxygens (including phenoxy) is 2. The van der Waals surface area contributed by atoms with Gasteiger partial charge in [0.1, 0.15) is 6.10 Å². The lowest BCUT2D eigenvalue weighted by Gasteiger charge is -2.47. The maximum absolute atomic E-state index is 13.0. The van der Waals surface area contributed by atoms with Crippen molar-refractivity contribution in [2.24, 2.45) is 5.92 Å². The second-order valence-electron chi connectivity index (χ2n) is 6.78. The number of pyridine rings is 1. The minimum atomic E-state index is 0.0268. The molecule has 0 bridgehead atoms. The average Bonchev–Trinajstić information content (AvgIpc) is 3.13. The highest BCUT2D eigenvalue weighted by atomic mass is 16.5. The minimum Gasteiger partial charge on any atom is -0.472 e. The molecule has 2 aliphatic rings. The number of likely N-dealkylation sites (tertiary alicyclic amines) is 1. The van der Waals surface area contributed by atoms with Gasteiger partial charge in [0.05, 0.1) is 19.3 Å². The van der Waals surface area contributed by atoms with Gasteiger partial charge in [0, 0.05) is 30.8 Å². The summed E-state index contributed by atoms with van der Waals surface area (Å²) in [5, 5.41) is 0. The lowest BCUT2D eigenvalue weighted by atomic mass is 9.84. The summed E-state index contributed by atoms with van der Waals surface area (Å²) >= 11 is 0. The lowest BCUT2D eigenvalue weighted by molar-refractivity contribution is 0.0197. The molecule has 2 saturated heterocycles. The second-order valence-corrected chi connectivity index (χ2v) is 6.78. The zero-order valence-corrected chi connectivity index (χ0v) is 14.3. The molecule has 4 rings (SSSR count). The van der Waals surface area contributed by atoms with E-state index in [4.69, 9.17) is 9.47 Å². The van der Waals surface area contributed by atoms with Crippen molar-refractivity contribution in [3.05, 3.63) is 59.8 Å². The number of carbonyl (C=O) groups is 1. The highest BCUT2D eigenvalue weighted by molar-refractivity contribution is 5.95. The van der Waals surface area contributed by atoms with Crippen LogP contribution < -0.4 is 4.74 Å². The van der Waals surface area contributed by atoms with Gasteiger partial charge in [-0.2, -0.15) is 0 Å². The first kappa shape index (κ1) is 16.1. The second kappa shape index (κ2) is 6.84. The fourth-order valence-corrected chi connectivity index (χ4v) is 3.61. The van der Waals surface area contributed by atoms with Crippen LogP contribution in [0.2, 0.25) is 0 Å². The van der Waals surface area contributed by atoms with E-state index in [-0.39, 0.29) is 18.1 Å². The van der Waals surface area contributed by atoms with Crippen molar-refractivity contribution >= 4 is 5.91 Å². The predicted molar refractivity (Wildman–Crippen MR) is 93.5 cm³/mol. The Hall–Kier alpha value is -2.40. The minimum absolute atomic E-state index is 0.0268. The molecule has 3 heterocycles. The Balaban J connectivity index is 1.50. The van der Waals surface area contributed by atoms with Crippen LogP contribution in [0, 0.1) is 5.92 Å². The van der Waals surface area contributed by atoms with E-state index in [1.54, 1.807) is 18.3 Å². The molecule has 0 saturated carbocycles. The average molecular weight is 338 g/mol. The van der Waals surface area contributed by atoms with E-state index in [1.165, 1.54) is 5.56 Å². The first-order valence-corrected chi connectivity index (χ1v) is 8.79. The van der Waals surface area contributed by atoms with Crippen molar-refractivity contribution in [1.82, 2.24) is 9.88 Å². The summed E-state index contributed by atoms with van der Waals surface area (Å²) in [6, 6.07) is 13.8. The Morgan fingerprint density at radius 3 is 2.84 bits per heavy atom. The van der Waals surface area contributed by atoms with Crippen molar-refractivity contribution < 1.29 is 14.3 Å². The van der Waals surface area contributed by atoms with Crippen LogP contribution in [-0.2, 0) is 4.74 Å². The Bertz CT molecular complexity index is 744. The zero-order chi connectivity index (χ0) is 17.2. The molecule has 0 aliphatic carbocycles. The quantitative estimate of drug-likeness (QED) is 0.860. The van der Waals surface area contributed by atoms with E-state index in [0.29, 0.717) is 30.6 Å². The first-order valence-electron chi connectivity index (χ1n) is 8.79. The molecule has 25 heavy (non-hydrogen) atoms. The molecule has 5 nitrogen and oxygen atoms in total. The van der Waals surface area contributed by atoms with Crippen LogP contribution in [0.25, 0.3) is 0 Å². The highest BCUT2D eigenvalue weighted by Crippen LogP contribution is 2.39. The molecule has 2 fully saturated rings. The highest BCUT2D eigenvalue weighted by Gasteiger charge is 2.40. The number of nitrogens with zero attached hydrogens (tertiary/aromatic N) is 2. The maximum Gasteiger partial charge on any atom is 0.254 e. The number of amides is 1. The van der Waals surface area contributed by atoms with Gasteiger partial charge < -0.3 is 14.4 Å². The maximum atomic E-state index is 13.0. The van der Waals surface area contributed by atoms with Crippen molar-refractivity contribution in [2.75, 3.05) is 19.8 Å². The van der Waals surface area contributed by atoms with E-state index in [2.05, 4.69) is 24.0 Å². The normalized spacial score (nSPS) is 25.5. The molecule has 0 N–H and O–H groups in total. The van der Waals surface area contributed by atoms with Crippen LogP contribution in [0.3, 0.4) is 0 Å². The van der Waals surface area contributed by atoms with Crippen LogP contribution in [0.1, 0.15) is 35.3 Å². The molecule has 1 amide bonds. The summed E-state index contributed by atoms with van der Waals surface area (Å²) in [6.07, 6.45) is 2.53. The summed E-state index contributed by atoms with van der Waals surface area (Å²) in [4.78, 5) is 19.1. The topological polar surface area (TPSA) is 51.7 Å². The van der Waals surface area contributed by atoms with Crippen LogP contribution in [0.5, 0.6) is 5.88 Å². The van der Waals surface area contributed by atoms with Gasteiger partial charge >= 0.3 is 0 Å². The number of hydrogen-bond donors (Lipinski definition) is 0. The Labute approximate surface area is 147 Å². The van der Waals surface area contributed by atoms with Crippen molar-refractivity contribution in [3.8, 4) is 5.88 Å². The number of carbonyl (C=O) groups excluding carboxylic acids is 1. The third-order valence-electron chi connectivity index (χ3n) is 4.92. The molecule has 130 valence electrons. The van der Waals surface area contributed by atoms with Crippen molar-refractivity contribution in [2.45, 2.75) is 25.5 Å². The van der Waals surface area contributed by atoms with E-state index in [0.717, 1.165) is 13.0 Å². The SMILES string of the molecule is C[C@@H]1CN(C(=O)c2ccnc(O[C@H]3CCOC3)c2)[C@@H]1c1ccccc1. The number of hydrogen-bond acceptors (Lipinski definition) is 4. The van der Waals surface area contributed by atoms with Crippen LogP contribution in [-0.4, -0.2) is 41.7 Å². The molecule has 0 radical (unpaired) electrons. The smallest absolute Gasteiger partial charge is 0.254 e. The molecular weight excluding hydrogens is 316 g/mol. The van der Waals surface area contributed by atoms with Crippen LogP contribution in [0.4, 0.5) is 0 Å². The predicted octanol–water partition coefficient (Wildman–Crippen LogP) is 3.08. The number of aromatic nitrogens is 1. The first-order chi connectivity index (χ1) is 12.2. The monoisotopic (exact) mass is 338 g/mol. The Morgan fingerprint density at radius 2 is 2.12 bits per heavy atom. The van der Waals surface area contributed by atoms with Crippen molar-refractivity contribution in [3.63, 3.8) is 0 Å². The standard InChI is InChI=1S/C20H22N2O3/c1-14-12-22(19(14)15-5-3-2-4-6-15)20(23)16-7-9-21-18(11-16)25-17-8-10-24-13-17/h2-7,9,11,14,17,19H,8,10,12-13H2,1H3/t14-,17+,19+/m1/s1. The molecule has 0 unspecified atom stereocenters. The van der Waals surface area contributed by atoms with Gasteiger partial charge in [-0.05, 0) is 17.5 Å². The molecule has 0 spiro atoms. The van der Waals surface area contributed by atoms with Gasteiger partial charge in [-0.15, -0.1) is 0 Å². The summed E-state index contributed by atoms with van der Waals surface area (Å²) in [6.45, 7) is 4.25. The Kier molecular flexibility index (Phi) is 4.40. The Morgan fingerprint density at radius 1 is 1.28 bits per heavy atom. The molecular formula is C20H22N2O3. The molecule has 3 atom stereocenters. The summed E-state index contributed by atoms with van der Waals surface area (Å²) in [5.74, 6) is 0.979. The third kappa shape index (κ3) is 3.24. The molecule has 1 aromatic carbocycles. The van der Waals surface area contributed by atoms with Gasteiger partial charge in [0.25, 0.3) is 5.91 Å². The lowest BCUT2D eigenvalue weighted by Crippen LogP contribution is -2.51. The fraction of sp³-hybridized carbons (Fsp3) is 0.400. The van der Waals surface area contributed by atoms with Crippen LogP contribution >= 0.6 is 0 Å². The number of rotatable bonds is 4. The molecule has 1 aromatic heterocycles. The zero-order valence-electron chi connectivity index (χ0n) is 14.3. The van der Waals surface area contributed by atoms with Crippen molar-refractivity contribution in [1.29, 1.82) is 0 Å². The van der Waals surface area contributed by atoms with Gasteiger partial charge in [0.2, 0.25) is 5.88 Å². The molecule has 5 heteroatoms. The van der Waals surface area contributed by atoms with Gasteiger partial charge in [-0.3, -0.25) is 4.79 Å². The summed E-state index contributed by atoms with van der Waals surface area (Å²) in [7, 11) is 0. The van der Waals surface area contributed by atoms with Gasteiger partial charge in [0.15, 0.2) is 0 Å². The van der Waals surface area contributed by atoms with E-state index in [1.807, 2.05) is 23.1 Å².